The Bertz CT molecular complexity index is 309. The standard InChI is InChI=1S/C9H11BrClNO/c1-9(2,3)13-6-4-7(10)8(11)12-5-6/h4-5H,1-3H3. The Balaban J connectivity index is 2.86. The molecule has 0 unspecified atom stereocenters. The number of aromatic nitrogens is 1. The van der Waals surface area contributed by atoms with E-state index in [0.717, 1.165) is 4.47 Å². The molecule has 0 atom stereocenters. The molecule has 1 heterocycles. The van der Waals surface area contributed by atoms with Crippen LogP contribution in [0.2, 0.25) is 5.15 Å². The van der Waals surface area contributed by atoms with E-state index in [1.807, 2.05) is 20.8 Å². The van der Waals surface area contributed by atoms with Gasteiger partial charge in [-0.15, -0.1) is 0 Å². The van der Waals surface area contributed by atoms with Crippen LogP contribution in [-0.2, 0) is 0 Å². The minimum absolute atomic E-state index is 0.213. The number of hydrogen-bond acceptors (Lipinski definition) is 2. The lowest BCUT2D eigenvalue weighted by Crippen LogP contribution is -2.22. The van der Waals surface area contributed by atoms with Crippen molar-refractivity contribution in [2.24, 2.45) is 0 Å². The molecule has 0 fully saturated rings. The minimum Gasteiger partial charge on any atom is -0.486 e. The first kappa shape index (κ1) is 10.8. The molecule has 72 valence electrons. The fourth-order valence-corrected chi connectivity index (χ4v) is 1.24. The Labute approximate surface area is 91.4 Å². The second-order valence-electron chi connectivity index (χ2n) is 3.66. The summed E-state index contributed by atoms with van der Waals surface area (Å²) in [6.07, 6.45) is 1.61. The Morgan fingerprint density at radius 1 is 1.46 bits per heavy atom. The van der Waals surface area contributed by atoms with Crippen molar-refractivity contribution in [2.45, 2.75) is 26.4 Å². The van der Waals surface area contributed by atoms with Crippen molar-refractivity contribution in [1.82, 2.24) is 4.98 Å². The highest BCUT2D eigenvalue weighted by atomic mass is 79.9. The van der Waals surface area contributed by atoms with Crippen LogP contribution in [0.1, 0.15) is 20.8 Å². The summed E-state index contributed by atoms with van der Waals surface area (Å²) in [5, 5.41) is 0.446. The van der Waals surface area contributed by atoms with Crippen molar-refractivity contribution in [3.63, 3.8) is 0 Å². The Hall–Kier alpha value is -0.280. The van der Waals surface area contributed by atoms with Gasteiger partial charge in [0.2, 0.25) is 0 Å². The summed E-state index contributed by atoms with van der Waals surface area (Å²) in [5.74, 6) is 0.712. The molecule has 2 nitrogen and oxygen atoms in total. The summed E-state index contributed by atoms with van der Waals surface area (Å²) in [6.45, 7) is 5.94. The lowest BCUT2D eigenvalue weighted by atomic mass is 10.2. The highest BCUT2D eigenvalue weighted by molar-refractivity contribution is 9.10. The van der Waals surface area contributed by atoms with Crippen LogP contribution in [0, 0.1) is 0 Å². The summed E-state index contributed by atoms with van der Waals surface area (Å²) in [4.78, 5) is 3.96. The van der Waals surface area contributed by atoms with Gasteiger partial charge in [-0.05, 0) is 42.8 Å². The summed E-state index contributed by atoms with van der Waals surface area (Å²) in [5.41, 5.74) is -0.213. The Morgan fingerprint density at radius 2 is 2.08 bits per heavy atom. The minimum atomic E-state index is -0.213. The van der Waals surface area contributed by atoms with Gasteiger partial charge >= 0.3 is 0 Å². The quantitative estimate of drug-likeness (QED) is 0.722. The van der Waals surface area contributed by atoms with Crippen LogP contribution >= 0.6 is 27.5 Å². The van der Waals surface area contributed by atoms with Gasteiger partial charge in [-0.1, -0.05) is 11.6 Å². The monoisotopic (exact) mass is 263 g/mol. The Kier molecular flexibility index (Phi) is 3.19. The number of halogens is 2. The molecule has 0 saturated heterocycles. The van der Waals surface area contributed by atoms with E-state index in [0.29, 0.717) is 10.9 Å². The first-order chi connectivity index (χ1) is 5.88. The average molecular weight is 265 g/mol. The van der Waals surface area contributed by atoms with Crippen LogP contribution in [0.15, 0.2) is 16.7 Å². The van der Waals surface area contributed by atoms with Crippen molar-refractivity contribution in [3.05, 3.63) is 21.9 Å². The number of hydrogen-bond donors (Lipinski definition) is 0. The van der Waals surface area contributed by atoms with Gasteiger partial charge in [0.15, 0.2) is 0 Å². The lowest BCUT2D eigenvalue weighted by Gasteiger charge is -2.20. The molecular weight excluding hydrogens is 253 g/mol. The molecule has 0 amide bonds. The van der Waals surface area contributed by atoms with Crippen LogP contribution in [0.4, 0.5) is 0 Å². The van der Waals surface area contributed by atoms with Crippen LogP contribution in [0.3, 0.4) is 0 Å². The molecule has 0 bridgehead atoms. The van der Waals surface area contributed by atoms with Crippen molar-refractivity contribution in [3.8, 4) is 5.75 Å². The predicted octanol–water partition coefficient (Wildman–Crippen LogP) is 3.67. The molecule has 0 aliphatic heterocycles. The maximum atomic E-state index is 5.74. The third-order valence-corrected chi connectivity index (χ3v) is 2.33. The Morgan fingerprint density at radius 3 is 2.54 bits per heavy atom. The maximum Gasteiger partial charge on any atom is 0.143 e. The number of nitrogens with zero attached hydrogens (tertiary/aromatic N) is 1. The molecule has 0 aliphatic rings. The van der Waals surface area contributed by atoms with Crippen molar-refractivity contribution in [2.75, 3.05) is 0 Å². The normalized spacial score (nSPS) is 11.5. The molecule has 0 aromatic carbocycles. The fraction of sp³-hybridized carbons (Fsp3) is 0.444. The van der Waals surface area contributed by atoms with Crippen molar-refractivity contribution in [1.29, 1.82) is 0 Å². The van der Waals surface area contributed by atoms with Gasteiger partial charge in [0.05, 0.1) is 10.7 Å². The van der Waals surface area contributed by atoms with Gasteiger partial charge in [0.25, 0.3) is 0 Å². The zero-order valence-corrected chi connectivity index (χ0v) is 10.1. The summed E-state index contributed by atoms with van der Waals surface area (Å²) in [6, 6.07) is 1.81. The smallest absolute Gasteiger partial charge is 0.143 e. The second kappa shape index (κ2) is 3.84. The largest absolute Gasteiger partial charge is 0.486 e. The zero-order chi connectivity index (χ0) is 10.1. The molecule has 0 saturated carbocycles. The van der Waals surface area contributed by atoms with E-state index in [-0.39, 0.29) is 5.60 Å². The molecule has 13 heavy (non-hydrogen) atoms. The highest BCUT2D eigenvalue weighted by Crippen LogP contribution is 2.26. The van der Waals surface area contributed by atoms with Crippen LogP contribution in [0.25, 0.3) is 0 Å². The van der Waals surface area contributed by atoms with Gasteiger partial charge in [0, 0.05) is 0 Å². The van der Waals surface area contributed by atoms with Gasteiger partial charge in [-0.2, -0.15) is 0 Å². The molecule has 0 N–H and O–H groups in total. The molecule has 0 spiro atoms. The zero-order valence-electron chi connectivity index (χ0n) is 7.77. The van der Waals surface area contributed by atoms with Gasteiger partial charge in [-0.25, -0.2) is 4.98 Å². The van der Waals surface area contributed by atoms with E-state index in [2.05, 4.69) is 20.9 Å². The molecule has 1 rings (SSSR count). The molecule has 0 aliphatic carbocycles. The van der Waals surface area contributed by atoms with Crippen molar-refractivity contribution >= 4 is 27.5 Å². The second-order valence-corrected chi connectivity index (χ2v) is 4.87. The van der Waals surface area contributed by atoms with Gasteiger partial charge < -0.3 is 4.74 Å². The molecule has 1 aromatic heterocycles. The SMILES string of the molecule is CC(C)(C)Oc1cnc(Cl)c(Br)c1. The summed E-state index contributed by atoms with van der Waals surface area (Å²) >= 11 is 9.02. The molecule has 4 heteroatoms. The van der Waals surface area contributed by atoms with E-state index in [9.17, 15) is 0 Å². The first-order valence-electron chi connectivity index (χ1n) is 3.88. The third kappa shape index (κ3) is 3.53. The molecule has 1 aromatic rings. The summed E-state index contributed by atoms with van der Waals surface area (Å²) < 4.78 is 6.33. The van der Waals surface area contributed by atoms with E-state index in [4.69, 9.17) is 16.3 Å². The van der Waals surface area contributed by atoms with Gasteiger partial charge in [-0.3, -0.25) is 0 Å². The third-order valence-electron chi connectivity index (χ3n) is 1.20. The predicted molar refractivity (Wildman–Crippen MR) is 57.3 cm³/mol. The molecular formula is C9H11BrClNO. The van der Waals surface area contributed by atoms with Gasteiger partial charge in [0.1, 0.15) is 16.5 Å². The van der Waals surface area contributed by atoms with Crippen molar-refractivity contribution < 1.29 is 4.74 Å². The molecule has 0 radical (unpaired) electrons. The van der Waals surface area contributed by atoms with Crippen LogP contribution in [0.5, 0.6) is 5.75 Å². The maximum absolute atomic E-state index is 5.74. The van der Waals surface area contributed by atoms with E-state index in [1.54, 1.807) is 12.3 Å². The first-order valence-corrected chi connectivity index (χ1v) is 5.06. The fourth-order valence-electron chi connectivity index (χ4n) is 0.813. The highest BCUT2D eigenvalue weighted by Gasteiger charge is 2.12. The van der Waals surface area contributed by atoms with E-state index >= 15 is 0 Å². The van der Waals surface area contributed by atoms with Crippen LogP contribution < -0.4 is 4.74 Å². The summed E-state index contributed by atoms with van der Waals surface area (Å²) in [7, 11) is 0. The van der Waals surface area contributed by atoms with E-state index in [1.165, 1.54) is 0 Å². The topological polar surface area (TPSA) is 22.1 Å². The number of rotatable bonds is 1. The number of ether oxygens (including phenoxy) is 1. The average Bonchev–Trinajstić information content (AvgIpc) is 1.94. The van der Waals surface area contributed by atoms with E-state index < -0.39 is 0 Å². The van der Waals surface area contributed by atoms with Crippen LogP contribution in [-0.4, -0.2) is 10.6 Å². The lowest BCUT2D eigenvalue weighted by molar-refractivity contribution is 0.130. The number of pyridine rings is 1.